The first-order chi connectivity index (χ1) is 16.8. The van der Waals surface area contributed by atoms with Crippen molar-refractivity contribution in [3.8, 4) is 5.75 Å². The van der Waals surface area contributed by atoms with Crippen molar-refractivity contribution in [3.63, 3.8) is 0 Å². The second kappa shape index (κ2) is 10.8. The van der Waals surface area contributed by atoms with Gasteiger partial charge in [-0.3, -0.25) is 14.5 Å². The summed E-state index contributed by atoms with van der Waals surface area (Å²) >= 11 is 0. The van der Waals surface area contributed by atoms with Crippen LogP contribution < -0.4 is 20.1 Å². The smallest absolute Gasteiger partial charge is 0.255 e. The molecule has 1 heterocycles. The first-order valence-corrected chi connectivity index (χ1v) is 13.9. The van der Waals surface area contributed by atoms with E-state index in [0.717, 1.165) is 37.8 Å². The molecule has 4 rings (SSSR count). The van der Waals surface area contributed by atoms with Crippen LogP contribution in [0.15, 0.2) is 59.6 Å². The number of carbonyl (C=O) groups excluding carboxylic acids is 1. The average Bonchev–Trinajstić information content (AvgIpc) is 3.70. The molecule has 2 aromatic rings. The summed E-state index contributed by atoms with van der Waals surface area (Å²) in [6.07, 6.45) is 4.71. The van der Waals surface area contributed by atoms with E-state index >= 15 is 0 Å². The molecule has 3 N–H and O–H groups in total. The Bertz CT molecular complexity index is 1160. The third-order valence-corrected chi connectivity index (χ3v) is 7.38. The van der Waals surface area contributed by atoms with E-state index in [9.17, 15) is 13.2 Å². The number of sulfonamides is 1. The SMILES string of the molecule is COc1ccccc1C(=O)NC(C(=NCC1CC1)NS(C)(=O)=O)C1(c2ccccc2)CCNCC1. The number of aliphatic imine (C=N–C) groups is 1. The van der Waals surface area contributed by atoms with Crippen molar-refractivity contribution >= 4 is 21.8 Å². The normalized spacial score (nSPS) is 19.0. The minimum absolute atomic E-state index is 0.286. The maximum atomic E-state index is 13.6. The number of piperidine rings is 1. The van der Waals surface area contributed by atoms with E-state index in [-0.39, 0.29) is 11.7 Å². The molecule has 0 spiro atoms. The number of methoxy groups -OCH3 is 1. The topological polar surface area (TPSA) is 109 Å². The number of carbonyl (C=O) groups is 1. The molecule has 1 aliphatic heterocycles. The number of benzene rings is 2. The minimum atomic E-state index is -3.63. The average molecular weight is 499 g/mol. The van der Waals surface area contributed by atoms with Crippen molar-refractivity contribution in [2.45, 2.75) is 37.1 Å². The van der Waals surface area contributed by atoms with Gasteiger partial charge in [0.25, 0.3) is 5.91 Å². The predicted molar refractivity (Wildman–Crippen MR) is 137 cm³/mol. The molecule has 1 saturated carbocycles. The number of hydrogen-bond donors (Lipinski definition) is 3. The van der Waals surface area contributed by atoms with Crippen molar-refractivity contribution in [3.05, 3.63) is 65.7 Å². The van der Waals surface area contributed by atoms with E-state index in [2.05, 4.69) is 15.4 Å². The fourth-order valence-corrected chi connectivity index (χ4v) is 5.36. The Balaban J connectivity index is 1.82. The summed E-state index contributed by atoms with van der Waals surface area (Å²) in [5, 5.41) is 6.58. The molecule has 2 fully saturated rings. The number of amidine groups is 1. The summed E-state index contributed by atoms with van der Waals surface area (Å²) in [5.74, 6) is 0.858. The van der Waals surface area contributed by atoms with Crippen molar-refractivity contribution < 1.29 is 17.9 Å². The van der Waals surface area contributed by atoms with E-state index in [1.165, 1.54) is 7.11 Å². The second-order valence-corrected chi connectivity index (χ2v) is 11.2. The van der Waals surface area contributed by atoms with Gasteiger partial charge in [-0.25, -0.2) is 8.42 Å². The lowest BCUT2D eigenvalue weighted by Crippen LogP contribution is -2.62. The van der Waals surface area contributed by atoms with Gasteiger partial charge in [0.1, 0.15) is 11.6 Å². The van der Waals surface area contributed by atoms with Gasteiger partial charge in [0.2, 0.25) is 10.0 Å². The first kappa shape index (κ1) is 25.2. The standard InChI is InChI=1S/C26H34N4O4S/c1-34-22-11-7-6-10-21(22)25(31)29-23(24(30-35(2,32)33)28-18-19-12-13-19)26(14-16-27-17-15-26)20-8-4-3-5-9-20/h3-11,19,23,27H,12-18H2,1-2H3,(H,28,30)(H,29,31). The van der Waals surface area contributed by atoms with Crippen LogP contribution >= 0.6 is 0 Å². The Labute approximate surface area is 207 Å². The molecule has 1 aliphatic carbocycles. The lowest BCUT2D eigenvalue weighted by molar-refractivity contribution is 0.0918. The van der Waals surface area contributed by atoms with Gasteiger partial charge in [-0.2, -0.15) is 0 Å². The van der Waals surface area contributed by atoms with E-state index < -0.39 is 21.5 Å². The fraction of sp³-hybridized carbons (Fsp3) is 0.462. The zero-order valence-corrected chi connectivity index (χ0v) is 21.1. The predicted octanol–water partition coefficient (Wildman–Crippen LogP) is 2.47. The molecule has 0 bridgehead atoms. The third kappa shape index (κ3) is 6.21. The highest BCUT2D eigenvalue weighted by atomic mass is 32.2. The van der Waals surface area contributed by atoms with E-state index in [0.29, 0.717) is 36.6 Å². The zero-order valence-electron chi connectivity index (χ0n) is 20.3. The van der Waals surface area contributed by atoms with Crippen LogP contribution in [0.4, 0.5) is 0 Å². The molecule has 8 nitrogen and oxygen atoms in total. The van der Waals surface area contributed by atoms with E-state index in [4.69, 9.17) is 9.73 Å². The monoisotopic (exact) mass is 498 g/mol. The fourth-order valence-electron chi connectivity index (χ4n) is 4.80. The van der Waals surface area contributed by atoms with Crippen LogP contribution in [0.5, 0.6) is 5.75 Å². The summed E-state index contributed by atoms with van der Waals surface area (Å²) in [4.78, 5) is 18.4. The maximum absolute atomic E-state index is 13.6. The van der Waals surface area contributed by atoms with Crippen LogP contribution in [0.25, 0.3) is 0 Å². The lowest BCUT2D eigenvalue weighted by atomic mass is 9.67. The molecule has 35 heavy (non-hydrogen) atoms. The summed E-state index contributed by atoms with van der Waals surface area (Å²) in [6, 6.07) is 16.3. The lowest BCUT2D eigenvalue weighted by Gasteiger charge is -2.45. The molecular weight excluding hydrogens is 464 g/mol. The molecule has 2 aromatic carbocycles. The number of para-hydroxylation sites is 1. The summed E-state index contributed by atoms with van der Waals surface area (Å²) in [7, 11) is -2.11. The molecule has 0 aromatic heterocycles. The zero-order chi connectivity index (χ0) is 24.9. The largest absolute Gasteiger partial charge is 0.496 e. The van der Waals surface area contributed by atoms with Gasteiger partial charge in [-0.1, -0.05) is 42.5 Å². The number of ether oxygens (including phenoxy) is 1. The van der Waals surface area contributed by atoms with Gasteiger partial charge in [0.05, 0.1) is 25.0 Å². The molecule has 1 saturated heterocycles. The quantitative estimate of drug-likeness (QED) is 0.364. The Morgan fingerprint density at radius 3 is 2.40 bits per heavy atom. The molecule has 9 heteroatoms. The van der Waals surface area contributed by atoms with Gasteiger partial charge >= 0.3 is 0 Å². The molecule has 0 radical (unpaired) electrons. The van der Waals surface area contributed by atoms with Crippen molar-refractivity contribution in [1.29, 1.82) is 0 Å². The second-order valence-electron chi connectivity index (χ2n) is 9.42. The Kier molecular flexibility index (Phi) is 7.76. The number of nitrogens with zero attached hydrogens (tertiary/aromatic N) is 1. The molecule has 1 atom stereocenters. The van der Waals surface area contributed by atoms with Crippen molar-refractivity contribution in [1.82, 2.24) is 15.4 Å². The summed E-state index contributed by atoms with van der Waals surface area (Å²) in [6.45, 7) is 2.01. The van der Waals surface area contributed by atoms with Crippen molar-refractivity contribution in [2.24, 2.45) is 10.9 Å². The van der Waals surface area contributed by atoms with E-state index in [1.807, 2.05) is 30.3 Å². The Hall–Kier alpha value is -2.91. The highest BCUT2D eigenvalue weighted by Crippen LogP contribution is 2.38. The number of hydrogen-bond acceptors (Lipinski definition) is 6. The molecule has 2 aliphatic rings. The first-order valence-electron chi connectivity index (χ1n) is 12.0. The number of rotatable bonds is 9. The molecular formula is C26H34N4O4S. The van der Waals surface area contributed by atoms with Gasteiger partial charge in [-0.05, 0) is 62.4 Å². The number of amides is 1. The van der Waals surface area contributed by atoms with Gasteiger partial charge in [0.15, 0.2) is 0 Å². The Morgan fingerprint density at radius 1 is 1.11 bits per heavy atom. The third-order valence-electron chi connectivity index (χ3n) is 6.80. The van der Waals surface area contributed by atoms with Gasteiger partial charge < -0.3 is 15.4 Å². The molecule has 188 valence electrons. The summed E-state index contributed by atoms with van der Waals surface area (Å²) in [5.41, 5.74) is 0.879. The number of nitrogens with one attached hydrogen (secondary N) is 3. The maximum Gasteiger partial charge on any atom is 0.255 e. The van der Waals surface area contributed by atoms with Crippen LogP contribution in [0, 0.1) is 5.92 Å². The van der Waals surface area contributed by atoms with Crippen LogP contribution in [-0.2, 0) is 15.4 Å². The van der Waals surface area contributed by atoms with Crippen LogP contribution in [0.1, 0.15) is 41.6 Å². The summed E-state index contributed by atoms with van der Waals surface area (Å²) < 4.78 is 33.0. The highest BCUT2D eigenvalue weighted by molar-refractivity contribution is 7.89. The van der Waals surface area contributed by atoms with Crippen LogP contribution in [0.3, 0.4) is 0 Å². The highest BCUT2D eigenvalue weighted by Gasteiger charge is 2.46. The van der Waals surface area contributed by atoms with Crippen LogP contribution in [0.2, 0.25) is 0 Å². The van der Waals surface area contributed by atoms with E-state index in [1.54, 1.807) is 24.3 Å². The van der Waals surface area contributed by atoms with Crippen LogP contribution in [-0.4, -0.2) is 59.2 Å². The van der Waals surface area contributed by atoms with Crippen molar-refractivity contribution in [2.75, 3.05) is 33.0 Å². The van der Waals surface area contributed by atoms with Gasteiger partial charge in [0, 0.05) is 12.0 Å². The molecule has 1 unspecified atom stereocenters. The molecule has 1 amide bonds. The Morgan fingerprint density at radius 2 is 1.77 bits per heavy atom. The van der Waals surface area contributed by atoms with Gasteiger partial charge in [-0.15, -0.1) is 0 Å². The minimum Gasteiger partial charge on any atom is -0.496 e.